The molecule has 488 valence electrons. The summed E-state index contributed by atoms with van der Waals surface area (Å²) < 4.78 is 11.2. The zero-order valence-electron chi connectivity index (χ0n) is 54.0. The molecule has 8 N–H and O–H groups in total. The molecule has 0 aromatic heterocycles. The van der Waals surface area contributed by atoms with Gasteiger partial charge in [0.15, 0.2) is 6.29 Å². The fourth-order valence-corrected chi connectivity index (χ4v) is 12.0. The van der Waals surface area contributed by atoms with E-state index in [1.807, 2.05) is 0 Å². The van der Waals surface area contributed by atoms with Crippen molar-refractivity contribution < 1.29 is 50.0 Å². The molecule has 0 aromatic rings. The highest BCUT2D eigenvalue weighted by Gasteiger charge is 2.44. The van der Waals surface area contributed by atoms with Gasteiger partial charge in [0, 0.05) is 0 Å². The third-order valence-corrected chi connectivity index (χ3v) is 17.8. The lowest BCUT2D eigenvalue weighted by atomic mass is 9.98. The molecular formula is C71H139NO10. The molecule has 11 heteroatoms. The van der Waals surface area contributed by atoms with Gasteiger partial charge in [-0.15, -0.1) is 0 Å². The van der Waals surface area contributed by atoms with Crippen LogP contribution in [-0.2, 0) is 14.3 Å². The number of carbonyl (C=O) groups excluding carboxylic acids is 1. The predicted octanol–water partition coefficient (Wildman–Crippen LogP) is 17.4. The second-order valence-corrected chi connectivity index (χ2v) is 25.7. The molecule has 0 aromatic carbocycles. The minimum absolute atomic E-state index is 0.260. The smallest absolute Gasteiger partial charge is 0.249 e. The SMILES string of the molecule is CCCCCCCCCCCCCCCC/C=C/CCCC(O)C(O)C(COC1OC(CO)C(O)C(O)C1O)NC(=O)C(O)CCCCCCCCCCCCCCCCCCCCCCCCCCCCCCCCCCCCCC. The quantitative estimate of drug-likeness (QED) is 0.0215. The maximum absolute atomic E-state index is 13.2. The monoisotopic (exact) mass is 1170 g/mol. The molecule has 82 heavy (non-hydrogen) atoms. The number of nitrogens with one attached hydrogen (secondary N) is 1. The molecule has 1 aliphatic heterocycles. The minimum Gasteiger partial charge on any atom is -0.394 e. The Morgan fingerprint density at radius 1 is 0.415 bits per heavy atom. The lowest BCUT2D eigenvalue weighted by Crippen LogP contribution is -2.60. The van der Waals surface area contributed by atoms with E-state index in [1.165, 1.54) is 289 Å². The van der Waals surface area contributed by atoms with E-state index >= 15 is 0 Å². The van der Waals surface area contributed by atoms with Crippen LogP contribution in [0.3, 0.4) is 0 Å². The van der Waals surface area contributed by atoms with Gasteiger partial charge < -0.3 is 50.5 Å². The highest BCUT2D eigenvalue weighted by molar-refractivity contribution is 5.80. The van der Waals surface area contributed by atoms with Gasteiger partial charge >= 0.3 is 0 Å². The summed E-state index contributed by atoms with van der Waals surface area (Å²) in [6, 6.07) is -1.18. The molecule has 1 aliphatic rings. The van der Waals surface area contributed by atoms with Crippen LogP contribution in [-0.4, -0.2) is 110 Å². The van der Waals surface area contributed by atoms with E-state index in [1.54, 1.807) is 0 Å². The van der Waals surface area contributed by atoms with Crippen molar-refractivity contribution in [1.82, 2.24) is 5.32 Å². The van der Waals surface area contributed by atoms with E-state index in [-0.39, 0.29) is 12.8 Å². The number of hydrogen-bond acceptors (Lipinski definition) is 10. The Labute approximate surface area is 506 Å². The Morgan fingerprint density at radius 3 is 1.05 bits per heavy atom. The standard InChI is InChI=1S/C71H139NO10/c1-3-5-7-9-11-13-15-17-19-21-23-24-25-26-27-28-29-30-31-32-33-34-35-36-37-38-39-41-43-45-47-49-51-53-55-57-59-64(75)70(80)72-62(61-81-71-69(79)68(78)67(77)65(60-73)82-71)66(76)63(74)58-56-54-52-50-48-46-44-42-40-22-20-18-16-14-12-10-8-6-4-2/h50,52,62-69,71,73-79H,3-49,51,53-61H2,1-2H3,(H,72,80)/b52-50+. The molecule has 9 unspecified atom stereocenters. The lowest BCUT2D eigenvalue weighted by molar-refractivity contribution is -0.303. The summed E-state index contributed by atoms with van der Waals surface area (Å²) in [5.41, 5.74) is 0. The Bertz CT molecular complexity index is 1340. The first-order valence-corrected chi connectivity index (χ1v) is 36.1. The van der Waals surface area contributed by atoms with Crippen LogP contribution in [0, 0.1) is 0 Å². The average Bonchev–Trinajstić information content (AvgIpc) is 3.53. The van der Waals surface area contributed by atoms with Crippen molar-refractivity contribution >= 4 is 5.91 Å². The van der Waals surface area contributed by atoms with E-state index in [4.69, 9.17) is 9.47 Å². The van der Waals surface area contributed by atoms with Crippen molar-refractivity contribution in [1.29, 1.82) is 0 Å². The van der Waals surface area contributed by atoms with Crippen LogP contribution in [0.4, 0.5) is 0 Å². The van der Waals surface area contributed by atoms with Crippen LogP contribution in [0.5, 0.6) is 0 Å². The van der Waals surface area contributed by atoms with Crippen molar-refractivity contribution in [3.63, 3.8) is 0 Å². The summed E-state index contributed by atoms with van der Waals surface area (Å²) in [7, 11) is 0. The van der Waals surface area contributed by atoms with E-state index < -0.39 is 74.2 Å². The summed E-state index contributed by atoms with van der Waals surface area (Å²) >= 11 is 0. The van der Waals surface area contributed by atoms with Gasteiger partial charge in [-0.3, -0.25) is 4.79 Å². The zero-order chi connectivity index (χ0) is 59.6. The third kappa shape index (κ3) is 47.0. The molecule has 0 aliphatic carbocycles. The Balaban J connectivity index is 2.13. The van der Waals surface area contributed by atoms with Gasteiger partial charge in [-0.25, -0.2) is 0 Å². The van der Waals surface area contributed by atoms with Crippen molar-refractivity contribution in [3.8, 4) is 0 Å². The van der Waals surface area contributed by atoms with Crippen LogP contribution < -0.4 is 5.32 Å². The number of aliphatic hydroxyl groups is 7. The summed E-state index contributed by atoms with van der Waals surface area (Å²) in [6.07, 6.45) is 63.2. The molecule has 11 nitrogen and oxygen atoms in total. The Kier molecular flexibility index (Phi) is 57.8. The Hall–Kier alpha value is -1.15. The number of hydrogen-bond donors (Lipinski definition) is 8. The highest BCUT2D eigenvalue weighted by atomic mass is 16.7. The van der Waals surface area contributed by atoms with E-state index in [0.717, 1.165) is 38.5 Å². The first-order valence-electron chi connectivity index (χ1n) is 36.1. The summed E-state index contributed by atoms with van der Waals surface area (Å²) in [5.74, 6) is -0.698. The van der Waals surface area contributed by atoms with Crippen molar-refractivity contribution in [2.24, 2.45) is 0 Å². The molecule has 1 fully saturated rings. The number of rotatable bonds is 64. The number of aliphatic hydroxyl groups excluding tert-OH is 7. The van der Waals surface area contributed by atoms with E-state index in [9.17, 15) is 40.5 Å². The van der Waals surface area contributed by atoms with Crippen LogP contribution in [0.15, 0.2) is 12.2 Å². The maximum Gasteiger partial charge on any atom is 0.249 e. The third-order valence-electron chi connectivity index (χ3n) is 17.8. The van der Waals surface area contributed by atoms with Crippen LogP contribution in [0.25, 0.3) is 0 Å². The lowest BCUT2D eigenvalue weighted by Gasteiger charge is -2.40. The maximum atomic E-state index is 13.2. The van der Waals surface area contributed by atoms with Gasteiger partial charge in [-0.1, -0.05) is 341 Å². The minimum atomic E-state index is -1.67. The Morgan fingerprint density at radius 2 is 0.720 bits per heavy atom. The topological polar surface area (TPSA) is 189 Å². The molecule has 0 radical (unpaired) electrons. The van der Waals surface area contributed by atoms with Gasteiger partial charge in [-0.2, -0.15) is 0 Å². The molecular weight excluding hydrogens is 1030 g/mol. The number of carbonyl (C=O) groups is 1. The van der Waals surface area contributed by atoms with Crippen molar-refractivity contribution in [3.05, 3.63) is 12.2 Å². The summed E-state index contributed by atoms with van der Waals surface area (Å²) in [6.45, 7) is 3.50. The molecule has 1 rings (SSSR count). The molecule has 1 heterocycles. The molecule has 0 saturated carbocycles. The first-order chi connectivity index (χ1) is 40.2. The second kappa shape index (κ2) is 60.1. The zero-order valence-corrected chi connectivity index (χ0v) is 54.0. The number of unbranched alkanes of at least 4 members (excludes halogenated alkanes) is 50. The largest absolute Gasteiger partial charge is 0.394 e. The molecule has 1 amide bonds. The highest BCUT2D eigenvalue weighted by Crippen LogP contribution is 2.24. The predicted molar refractivity (Wildman–Crippen MR) is 344 cm³/mol. The van der Waals surface area contributed by atoms with Gasteiger partial charge in [0.2, 0.25) is 5.91 Å². The fraction of sp³-hybridized carbons (Fsp3) is 0.958. The number of amides is 1. The van der Waals surface area contributed by atoms with Gasteiger partial charge in [0.25, 0.3) is 0 Å². The fourth-order valence-electron chi connectivity index (χ4n) is 12.0. The van der Waals surface area contributed by atoms with Crippen LogP contribution in [0.2, 0.25) is 0 Å². The van der Waals surface area contributed by atoms with Crippen LogP contribution in [0.1, 0.15) is 367 Å². The first kappa shape index (κ1) is 78.9. The average molecular weight is 1170 g/mol. The molecule has 9 atom stereocenters. The molecule has 0 spiro atoms. The van der Waals surface area contributed by atoms with Gasteiger partial charge in [-0.05, 0) is 38.5 Å². The molecule has 0 bridgehead atoms. The normalized spacial score (nSPS) is 19.1. The van der Waals surface area contributed by atoms with Crippen LogP contribution >= 0.6 is 0 Å². The van der Waals surface area contributed by atoms with E-state index in [0.29, 0.717) is 12.8 Å². The number of allylic oxidation sites excluding steroid dienone is 2. The van der Waals surface area contributed by atoms with Gasteiger partial charge in [0.05, 0.1) is 25.4 Å². The summed E-state index contributed by atoms with van der Waals surface area (Å²) in [5, 5.41) is 76.4. The second-order valence-electron chi connectivity index (χ2n) is 25.7. The van der Waals surface area contributed by atoms with Crippen molar-refractivity contribution in [2.45, 2.75) is 422 Å². The molecule has 1 saturated heterocycles. The van der Waals surface area contributed by atoms with E-state index in [2.05, 4.69) is 31.3 Å². The van der Waals surface area contributed by atoms with Gasteiger partial charge in [0.1, 0.15) is 36.6 Å². The number of ether oxygens (including phenoxy) is 2. The van der Waals surface area contributed by atoms with Crippen molar-refractivity contribution in [2.75, 3.05) is 13.2 Å². The summed E-state index contributed by atoms with van der Waals surface area (Å²) in [4.78, 5) is 13.2.